The molecule has 2 N–H and O–H groups in total. The summed E-state index contributed by atoms with van der Waals surface area (Å²) in [7, 11) is 0. The van der Waals surface area contributed by atoms with Crippen LogP contribution in [0.1, 0.15) is 23.1 Å². The molecule has 1 fully saturated rings. The normalized spacial score (nSPS) is 22.5. The van der Waals surface area contributed by atoms with Gasteiger partial charge in [0.05, 0.1) is 25.9 Å². The third-order valence-electron chi connectivity index (χ3n) is 5.83. The van der Waals surface area contributed by atoms with Crippen LogP contribution >= 0.6 is 0 Å². The maximum absolute atomic E-state index is 13.1. The number of aryl methyl sites for hydroxylation is 1. The molecule has 2 atom stereocenters. The Morgan fingerprint density at radius 3 is 2.90 bits per heavy atom. The summed E-state index contributed by atoms with van der Waals surface area (Å²) in [4.78, 5) is 26.7. The number of hydrogen-bond acceptors (Lipinski definition) is 6. The smallest absolute Gasteiger partial charge is 0.325 e. The minimum absolute atomic E-state index is 0.00487. The van der Waals surface area contributed by atoms with Crippen molar-refractivity contribution in [1.82, 2.24) is 10.2 Å². The Balaban J connectivity index is 1.19. The lowest BCUT2D eigenvalue weighted by Crippen LogP contribution is -2.43. The first kappa shape index (κ1) is 18.9. The van der Waals surface area contributed by atoms with Crippen molar-refractivity contribution in [1.29, 1.82) is 0 Å². The number of benzene rings is 2. The maximum atomic E-state index is 13.1. The molecule has 0 aromatic heterocycles. The zero-order chi connectivity index (χ0) is 20.7. The quantitative estimate of drug-likeness (QED) is 0.704. The van der Waals surface area contributed by atoms with E-state index < -0.39 is 17.7 Å². The van der Waals surface area contributed by atoms with E-state index in [1.807, 2.05) is 42.5 Å². The van der Waals surface area contributed by atoms with Crippen LogP contribution in [-0.4, -0.2) is 48.0 Å². The molecular weight excluding hydrogens is 388 g/mol. The van der Waals surface area contributed by atoms with E-state index in [1.54, 1.807) is 0 Å². The van der Waals surface area contributed by atoms with Gasteiger partial charge in [0, 0.05) is 0 Å². The number of ether oxygens (including phenoxy) is 3. The van der Waals surface area contributed by atoms with E-state index in [-0.39, 0.29) is 32.5 Å². The van der Waals surface area contributed by atoms with E-state index in [1.165, 1.54) is 0 Å². The van der Waals surface area contributed by atoms with Gasteiger partial charge in [-0.2, -0.15) is 0 Å². The highest BCUT2D eigenvalue weighted by molar-refractivity contribution is 6.08. The number of amides is 3. The Hall–Kier alpha value is -3.10. The molecule has 2 heterocycles. The lowest BCUT2D eigenvalue weighted by atomic mass is 9.92. The SMILES string of the molecule is O=C1N[C@]2(CCc3ccccc32)C(=O)N1C[C@H](O)COCc1ccc2c(c1)OCO2. The topological polar surface area (TPSA) is 97.3 Å². The standard InChI is InChI=1S/C22H22N2O6/c25-16(12-28-11-14-5-6-18-19(9-14)30-13-29-18)10-24-20(26)22(23-21(24)27)8-7-15-3-1-2-4-17(15)22/h1-6,9,16,25H,7-8,10-13H2,(H,23,27)/t16-,22-/m0/s1. The van der Waals surface area contributed by atoms with Gasteiger partial charge in [0.1, 0.15) is 5.54 Å². The summed E-state index contributed by atoms with van der Waals surface area (Å²) < 4.78 is 16.2. The van der Waals surface area contributed by atoms with Gasteiger partial charge in [0.15, 0.2) is 11.5 Å². The number of β-amino-alcohol motifs (C(OH)–C–C–N with tert-alkyl or cyclic N) is 1. The van der Waals surface area contributed by atoms with Crippen LogP contribution in [0.5, 0.6) is 11.5 Å². The molecule has 0 bridgehead atoms. The molecule has 8 nitrogen and oxygen atoms in total. The number of imide groups is 1. The number of fused-ring (bicyclic) bond motifs is 3. The highest BCUT2D eigenvalue weighted by Gasteiger charge is 2.55. The van der Waals surface area contributed by atoms with Crippen LogP contribution in [0, 0.1) is 0 Å². The van der Waals surface area contributed by atoms with E-state index in [9.17, 15) is 14.7 Å². The molecular formula is C22H22N2O6. The van der Waals surface area contributed by atoms with Crippen LogP contribution in [0.15, 0.2) is 42.5 Å². The molecule has 3 amide bonds. The van der Waals surface area contributed by atoms with Crippen molar-refractivity contribution in [2.75, 3.05) is 19.9 Å². The fourth-order valence-electron chi connectivity index (χ4n) is 4.36. The minimum Gasteiger partial charge on any atom is -0.454 e. The predicted molar refractivity (Wildman–Crippen MR) is 105 cm³/mol. The van der Waals surface area contributed by atoms with Crippen LogP contribution in [0.2, 0.25) is 0 Å². The summed E-state index contributed by atoms with van der Waals surface area (Å²) in [6.07, 6.45) is 0.280. The largest absolute Gasteiger partial charge is 0.454 e. The molecule has 156 valence electrons. The summed E-state index contributed by atoms with van der Waals surface area (Å²) in [5.41, 5.74) is 1.78. The predicted octanol–water partition coefficient (Wildman–Crippen LogP) is 1.69. The fraction of sp³-hybridized carbons (Fsp3) is 0.364. The van der Waals surface area contributed by atoms with Gasteiger partial charge in [-0.25, -0.2) is 4.79 Å². The van der Waals surface area contributed by atoms with Gasteiger partial charge in [-0.1, -0.05) is 30.3 Å². The number of aliphatic hydroxyl groups excluding tert-OH is 1. The second-order valence-corrected chi connectivity index (χ2v) is 7.76. The lowest BCUT2D eigenvalue weighted by Gasteiger charge is -2.23. The molecule has 30 heavy (non-hydrogen) atoms. The third-order valence-corrected chi connectivity index (χ3v) is 5.83. The number of urea groups is 1. The Morgan fingerprint density at radius 2 is 2.00 bits per heavy atom. The summed E-state index contributed by atoms with van der Waals surface area (Å²) in [6.45, 7) is 0.353. The molecule has 2 aliphatic heterocycles. The van der Waals surface area contributed by atoms with Gasteiger partial charge in [-0.15, -0.1) is 0 Å². The zero-order valence-electron chi connectivity index (χ0n) is 16.3. The molecule has 5 rings (SSSR count). The van der Waals surface area contributed by atoms with E-state index in [0.717, 1.165) is 28.0 Å². The molecule has 1 spiro atoms. The lowest BCUT2D eigenvalue weighted by molar-refractivity contribution is -0.133. The minimum atomic E-state index is -1.01. The average Bonchev–Trinajstić information content (AvgIpc) is 3.42. The van der Waals surface area contributed by atoms with Crippen molar-refractivity contribution in [3.63, 3.8) is 0 Å². The Labute approximate surface area is 173 Å². The van der Waals surface area contributed by atoms with Crippen molar-refractivity contribution in [3.05, 3.63) is 59.2 Å². The number of aliphatic hydroxyl groups is 1. The second kappa shape index (κ2) is 7.30. The first-order valence-corrected chi connectivity index (χ1v) is 9.94. The van der Waals surface area contributed by atoms with E-state index in [2.05, 4.69) is 5.32 Å². The number of carbonyl (C=O) groups is 2. The Morgan fingerprint density at radius 1 is 1.17 bits per heavy atom. The highest BCUT2D eigenvalue weighted by Crippen LogP contribution is 2.41. The molecule has 1 aliphatic carbocycles. The van der Waals surface area contributed by atoms with Crippen molar-refractivity contribution in [2.45, 2.75) is 31.1 Å². The van der Waals surface area contributed by atoms with Gasteiger partial charge in [-0.05, 0) is 41.7 Å². The van der Waals surface area contributed by atoms with E-state index in [0.29, 0.717) is 17.9 Å². The monoisotopic (exact) mass is 410 g/mol. The molecule has 2 aromatic rings. The van der Waals surface area contributed by atoms with Gasteiger partial charge < -0.3 is 24.6 Å². The molecule has 3 aliphatic rings. The van der Waals surface area contributed by atoms with Crippen LogP contribution in [0.25, 0.3) is 0 Å². The molecule has 8 heteroatoms. The fourth-order valence-corrected chi connectivity index (χ4v) is 4.36. The molecule has 0 radical (unpaired) electrons. The average molecular weight is 410 g/mol. The van der Waals surface area contributed by atoms with Gasteiger partial charge in [0.25, 0.3) is 5.91 Å². The molecule has 0 saturated carbocycles. The first-order valence-electron chi connectivity index (χ1n) is 9.94. The molecule has 1 saturated heterocycles. The van der Waals surface area contributed by atoms with Crippen molar-refractivity contribution in [3.8, 4) is 11.5 Å². The third kappa shape index (κ3) is 3.09. The molecule has 0 unspecified atom stereocenters. The Kier molecular flexibility index (Phi) is 4.60. The van der Waals surface area contributed by atoms with E-state index in [4.69, 9.17) is 14.2 Å². The van der Waals surface area contributed by atoms with Gasteiger partial charge in [0.2, 0.25) is 6.79 Å². The second-order valence-electron chi connectivity index (χ2n) is 7.76. The summed E-state index contributed by atoms with van der Waals surface area (Å²) >= 11 is 0. The van der Waals surface area contributed by atoms with E-state index >= 15 is 0 Å². The van der Waals surface area contributed by atoms with Crippen LogP contribution in [-0.2, 0) is 28.1 Å². The Bertz CT molecular complexity index is 1010. The number of hydrogen-bond donors (Lipinski definition) is 2. The summed E-state index contributed by atoms with van der Waals surface area (Å²) in [5, 5.41) is 13.2. The van der Waals surface area contributed by atoms with Crippen molar-refractivity contribution < 1.29 is 28.9 Å². The number of carbonyl (C=O) groups excluding carboxylic acids is 2. The van der Waals surface area contributed by atoms with Crippen molar-refractivity contribution in [2.24, 2.45) is 0 Å². The first-order chi connectivity index (χ1) is 14.6. The summed E-state index contributed by atoms with van der Waals surface area (Å²) in [6, 6.07) is 12.7. The van der Waals surface area contributed by atoms with Crippen LogP contribution in [0.4, 0.5) is 4.79 Å². The molecule has 2 aromatic carbocycles. The highest BCUT2D eigenvalue weighted by atomic mass is 16.7. The van der Waals surface area contributed by atoms with Crippen LogP contribution < -0.4 is 14.8 Å². The summed E-state index contributed by atoms with van der Waals surface area (Å²) in [5.74, 6) is 1.05. The number of nitrogens with zero attached hydrogens (tertiary/aromatic N) is 1. The van der Waals surface area contributed by atoms with Gasteiger partial charge in [-0.3, -0.25) is 9.69 Å². The number of rotatable bonds is 6. The number of nitrogens with one attached hydrogen (secondary N) is 1. The zero-order valence-corrected chi connectivity index (χ0v) is 16.3. The maximum Gasteiger partial charge on any atom is 0.325 e. The van der Waals surface area contributed by atoms with Crippen LogP contribution in [0.3, 0.4) is 0 Å². The van der Waals surface area contributed by atoms with Gasteiger partial charge >= 0.3 is 6.03 Å². The van der Waals surface area contributed by atoms with Crippen molar-refractivity contribution >= 4 is 11.9 Å².